The first-order valence-electron chi connectivity index (χ1n) is 8.55. The van der Waals surface area contributed by atoms with Crippen molar-refractivity contribution >= 4 is 17.0 Å². The summed E-state index contributed by atoms with van der Waals surface area (Å²) in [5.41, 5.74) is 4.62. The van der Waals surface area contributed by atoms with Gasteiger partial charge in [-0.1, -0.05) is 36.4 Å². The Balaban J connectivity index is 1.66. The zero-order valence-electron chi connectivity index (χ0n) is 14.2. The number of benzene rings is 2. The Hall–Kier alpha value is -2.66. The zero-order chi connectivity index (χ0) is 17.4. The van der Waals surface area contributed by atoms with Gasteiger partial charge in [0.05, 0.1) is 24.0 Å². The minimum Gasteiger partial charge on any atom is -0.481 e. The van der Waals surface area contributed by atoms with Crippen LogP contribution < -0.4 is 0 Å². The van der Waals surface area contributed by atoms with Crippen molar-refractivity contribution in [2.45, 2.75) is 32.0 Å². The van der Waals surface area contributed by atoms with Gasteiger partial charge >= 0.3 is 5.97 Å². The molecule has 2 aromatic carbocycles. The Morgan fingerprint density at radius 2 is 1.88 bits per heavy atom. The quantitative estimate of drug-likeness (QED) is 0.796. The summed E-state index contributed by atoms with van der Waals surface area (Å²) in [6.07, 6.45) is 0.921. The first-order valence-corrected chi connectivity index (χ1v) is 8.55. The largest absolute Gasteiger partial charge is 0.481 e. The number of aromatic nitrogens is 2. The summed E-state index contributed by atoms with van der Waals surface area (Å²) in [6, 6.07) is 16.4. The number of fused-ring (bicyclic) bond motifs is 2. The molecule has 0 aliphatic carbocycles. The number of aliphatic carboxylic acids is 1. The van der Waals surface area contributed by atoms with E-state index in [-0.39, 0.29) is 12.5 Å². The molecule has 5 heteroatoms. The molecule has 2 heterocycles. The second kappa shape index (κ2) is 6.33. The molecule has 1 aliphatic heterocycles. The molecule has 0 radical (unpaired) electrons. The molecule has 1 aliphatic rings. The number of aryl methyl sites for hydroxylation is 1. The third kappa shape index (κ3) is 3.03. The summed E-state index contributed by atoms with van der Waals surface area (Å²) in [6.45, 7) is 1.41. The topological polar surface area (TPSA) is 58.4 Å². The summed E-state index contributed by atoms with van der Waals surface area (Å²) in [5.74, 6) is 0.218. The molecule has 1 atom stereocenters. The van der Waals surface area contributed by atoms with E-state index in [1.54, 1.807) is 0 Å². The molecule has 4 rings (SSSR count). The molecule has 0 saturated carbocycles. The predicted molar refractivity (Wildman–Crippen MR) is 96.1 cm³/mol. The second-order valence-corrected chi connectivity index (χ2v) is 6.71. The Labute approximate surface area is 146 Å². The fraction of sp³-hybridized carbons (Fsp3) is 0.300. The average molecular weight is 335 g/mol. The van der Waals surface area contributed by atoms with Crippen molar-refractivity contribution in [1.82, 2.24) is 14.5 Å². The lowest BCUT2D eigenvalue weighted by atomic mass is 9.92. The number of imidazole rings is 1. The van der Waals surface area contributed by atoms with E-state index in [4.69, 9.17) is 4.98 Å². The van der Waals surface area contributed by atoms with Gasteiger partial charge in [0.15, 0.2) is 0 Å². The average Bonchev–Trinajstić information content (AvgIpc) is 2.91. The molecule has 0 bridgehead atoms. The highest BCUT2D eigenvalue weighted by molar-refractivity contribution is 5.75. The number of carbonyl (C=O) groups is 1. The Morgan fingerprint density at radius 3 is 2.64 bits per heavy atom. The molecule has 0 spiro atoms. The number of rotatable bonds is 4. The van der Waals surface area contributed by atoms with Crippen LogP contribution in [0.4, 0.5) is 0 Å². The van der Waals surface area contributed by atoms with Gasteiger partial charge in [-0.25, -0.2) is 4.98 Å². The lowest BCUT2D eigenvalue weighted by Crippen LogP contribution is -2.41. The van der Waals surface area contributed by atoms with E-state index in [0.29, 0.717) is 6.54 Å². The van der Waals surface area contributed by atoms with E-state index in [1.807, 2.05) is 37.4 Å². The summed E-state index contributed by atoms with van der Waals surface area (Å²) >= 11 is 0. The van der Waals surface area contributed by atoms with Crippen LogP contribution in [-0.4, -0.2) is 31.6 Å². The van der Waals surface area contributed by atoms with Crippen molar-refractivity contribution in [2.75, 3.05) is 0 Å². The van der Waals surface area contributed by atoms with Crippen molar-refractivity contribution in [2.24, 2.45) is 7.05 Å². The molecule has 5 nitrogen and oxygen atoms in total. The van der Waals surface area contributed by atoms with E-state index in [1.165, 1.54) is 11.1 Å². The van der Waals surface area contributed by atoms with Crippen LogP contribution in [0.25, 0.3) is 11.0 Å². The predicted octanol–water partition coefficient (Wildman–Crippen LogP) is 2.97. The molecular formula is C20H21N3O2. The highest BCUT2D eigenvalue weighted by atomic mass is 16.4. The maximum absolute atomic E-state index is 11.3. The molecule has 0 amide bonds. The highest BCUT2D eigenvalue weighted by Crippen LogP contribution is 2.27. The number of nitrogens with zero attached hydrogens (tertiary/aromatic N) is 3. The minimum atomic E-state index is -0.751. The van der Waals surface area contributed by atoms with Crippen molar-refractivity contribution in [1.29, 1.82) is 0 Å². The van der Waals surface area contributed by atoms with Gasteiger partial charge in [-0.15, -0.1) is 0 Å². The highest BCUT2D eigenvalue weighted by Gasteiger charge is 2.28. The standard InChI is InChI=1S/C20H21N3O2/c1-22-18-9-5-4-8-17(18)21-19(22)13-23-12-15-7-3-2-6-14(15)10-16(23)11-20(24)25/h2-9,16H,10-13H2,1H3,(H,24,25)/t16-/m0/s1. The number of carboxylic acid groups (broad SMARTS) is 1. The molecule has 3 aromatic rings. The first kappa shape index (κ1) is 15.8. The maximum Gasteiger partial charge on any atom is 0.304 e. The van der Waals surface area contributed by atoms with Gasteiger partial charge in [-0.3, -0.25) is 9.69 Å². The van der Waals surface area contributed by atoms with E-state index in [9.17, 15) is 9.90 Å². The van der Waals surface area contributed by atoms with Crippen LogP contribution in [0.2, 0.25) is 0 Å². The lowest BCUT2D eigenvalue weighted by Gasteiger charge is -2.36. The van der Waals surface area contributed by atoms with E-state index >= 15 is 0 Å². The Morgan fingerprint density at radius 1 is 1.16 bits per heavy atom. The molecule has 1 N–H and O–H groups in total. The fourth-order valence-electron chi connectivity index (χ4n) is 3.75. The molecule has 0 fully saturated rings. The first-order chi connectivity index (χ1) is 12.1. The lowest BCUT2D eigenvalue weighted by molar-refractivity contribution is -0.138. The summed E-state index contributed by atoms with van der Waals surface area (Å²) in [5, 5.41) is 9.32. The normalized spacial score (nSPS) is 17.6. The van der Waals surface area contributed by atoms with Crippen molar-refractivity contribution in [3.63, 3.8) is 0 Å². The minimum absolute atomic E-state index is 0.00721. The second-order valence-electron chi connectivity index (χ2n) is 6.71. The van der Waals surface area contributed by atoms with Crippen LogP contribution in [0, 0.1) is 0 Å². The van der Waals surface area contributed by atoms with Crippen LogP contribution in [0.1, 0.15) is 23.4 Å². The van der Waals surface area contributed by atoms with Gasteiger partial charge in [0.1, 0.15) is 5.82 Å². The van der Waals surface area contributed by atoms with Gasteiger partial charge in [0.25, 0.3) is 0 Å². The van der Waals surface area contributed by atoms with Gasteiger partial charge < -0.3 is 9.67 Å². The van der Waals surface area contributed by atoms with Gasteiger partial charge in [-0.2, -0.15) is 0 Å². The number of para-hydroxylation sites is 2. The molecule has 25 heavy (non-hydrogen) atoms. The van der Waals surface area contributed by atoms with E-state index < -0.39 is 5.97 Å². The van der Waals surface area contributed by atoms with E-state index in [0.717, 1.165) is 29.8 Å². The number of hydrogen-bond donors (Lipinski definition) is 1. The third-order valence-electron chi connectivity index (χ3n) is 5.10. The Bertz CT molecular complexity index is 932. The van der Waals surface area contributed by atoms with Gasteiger partial charge in [-0.05, 0) is 29.7 Å². The summed E-state index contributed by atoms with van der Waals surface area (Å²) < 4.78 is 2.10. The van der Waals surface area contributed by atoms with Crippen molar-refractivity contribution in [3.8, 4) is 0 Å². The fourth-order valence-corrected chi connectivity index (χ4v) is 3.75. The monoisotopic (exact) mass is 335 g/mol. The van der Waals surface area contributed by atoms with Crippen LogP contribution in [0.3, 0.4) is 0 Å². The van der Waals surface area contributed by atoms with Crippen molar-refractivity contribution < 1.29 is 9.90 Å². The maximum atomic E-state index is 11.3. The molecule has 0 unspecified atom stereocenters. The molecule has 1 aromatic heterocycles. The summed E-state index contributed by atoms with van der Waals surface area (Å²) in [7, 11) is 2.02. The van der Waals surface area contributed by atoms with Gasteiger partial charge in [0, 0.05) is 19.6 Å². The molecule has 128 valence electrons. The van der Waals surface area contributed by atoms with Gasteiger partial charge in [0.2, 0.25) is 0 Å². The molecule has 0 saturated heterocycles. The van der Waals surface area contributed by atoms with Crippen LogP contribution >= 0.6 is 0 Å². The Kier molecular flexibility index (Phi) is 4.01. The third-order valence-corrected chi connectivity index (χ3v) is 5.10. The smallest absolute Gasteiger partial charge is 0.304 e. The zero-order valence-corrected chi connectivity index (χ0v) is 14.2. The van der Waals surface area contributed by atoms with E-state index in [2.05, 4.69) is 27.7 Å². The molecular weight excluding hydrogens is 314 g/mol. The van der Waals surface area contributed by atoms with Crippen LogP contribution in [0.15, 0.2) is 48.5 Å². The summed E-state index contributed by atoms with van der Waals surface area (Å²) in [4.78, 5) is 18.3. The van der Waals surface area contributed by atoms with Crippen LogP contribution in [-0.2, 0) is 31.4 Å². The SMILES string of the molecule is Cn1c(CN2Cc3ccccc3C[C@H]2CC(=O)O)nc2ccccc21. The number of carboxylic acids is 1. The number of hydrogen-bond acceptors (Lipinski definition) is 3. The van der Waals surface area contributed by atoms with Crippen LogP contribution in [0.5, 0.6) is 0 Å². The van der Waals surface area contributed by atoms with Crippen molar-refractivity contribution in [3.05, 3.63) is 65.5 Å².